The lowest BCUT2D eigenvalue weighted by Crippen LogP contribution is -2.47. The summed E-state index contributed by atoms with van der Waals surface area (Å²) in [6, 6.07) is 24.2. The normalized spacial score (nSPS) is 17.1. The number of nitrogens with two attached hydrogens (primary N) is 1. The summed E-state index contributed by atoms with van der Waals surface area (Å²) in [5, 5.41) is 0. The Bertz CT molecular complexity index is 1140. The number of halogens is 3. The van der Waals surface area contributed by atoms with Gasteiger partial charge in [0.05, 0.1) is 11.0 Å². The predicted molar refractivity (Wildman–Crippen MR) is 138 cm³/mol. The van der Waals surface area contributed by atoms with Gasteiger partial charge in [0.15, 0.2) is 0 Å². The minimum absolute atomic E-state index is 0.125. The third kappa shape index (κ3) is 5.82. The van der Waals surface area contributed by atoms with Gasteiger partial charge < -0.3 is 10.5 Å². The number of amides is 1. The van der Waals surface area contributed by atoms with E-state index in [9.17, 15) is 18.0 Å². The summed E-state index contributed by atoms with van der Waals surface area (Å²) < 4.78 is 44.6. The van der Waals surface area contributed by atoms with Gasteiger partial charge in [-0.15, -0.1) is 0 Å². The Morgan fingerprint density at radius 2 is 1.41 bits per heavy atom. The van der Waals surface area contributed by atoms with Crippen LogP contribution in [0.3, 0.4) is 0 Å². The highest BCUT2D eigenvalue weighted by Gasteiger charge is 2.43. The van der Waals surface area contributed by atoms with Crippen molar-refractivity contribution in [3.05, 3.63) is 102 Å². The Morgan fingerprint density at radius 3 is 1.89 bits per heavy atom. The summed E-state index contributed by atoms with van der Waals surface area (Å²) in [5.74, 6) is 0.0455. The van der Waals surface area contributed by atoms with Crippen LogP contribution in [0.15, 0.2) is 84.9 Å². The highest BCUT2D eigenvalue weighted by Crippen LogP contribution is 2.40. The molecule has 4 rings (SSSR count). The molecule has 1 amide bonds. The van der Waals surface area contributed by atoms with E-state index in [-0.39, 0.29) is 17.6 Å². The number of rotatable bonds is 9. The van der Waals surface area contributed by atoms with Gasteiger partial charge in [0.1, 0.15) is 11.9 Å². The molecule has 2 N–H and O–H groups in total. The van der Waals surface area contributed by atoms with Crippen LogP contribution in [0.2, 0.25) is 0 Å². The minimum Gasteiger partial charge on any atom is -0.489 e. The fourth-order valence-electron chi connectivity index (χ4n) is 5.25. The second-order valence-corrected chi connectivity index (χ2v) is 10.3. The second-order valence-electron chi connectivity index (χ2n) is 10.3. The number of likely N-dealkylation sites (tertiary alicyclic amines) is 1. The van der Waals surface area contributed by atoms with Crippen molar-refractivity contribution in [3.8, 4) is 5.75 Å². The summed E-state index contributed by atoms with van der Waals surface area (Å²) in [5.41, 5.74) is 5.95. The highest BCUT2D eigenvalue weighted by molar-refractivity contribution is 5.90. The first kappa shape index (κ1) is 26.7. The smallest absolute Gasteiger partial charge is 0.416 e. The van der Waals surface area contributed by atoms with Crippen LogP contribution in [0, 0.1) is 0 Å². The fraction of sp³-hybridized carbons (Fsp3) is 0.367. The van der Waals surface area contributed by atoms with Crippen LogP contribution >= 0.6 is 0 Å². The average Bonchev–Trinajstić information content (AvgIpc) is 3.35. The molecule has 1 atom stereocenters. The second kappa shape index (κ2) is 10.6. The van der Waals surface area contributed by atoms with Gasteiger partial charge in [-0.2, -0.15) is 13.2 Å². The molecule has 1 aliphatic rings. The van der Waals surface area contributed by atoms with E-state index >= 15 is 0 Å². The SMILES string of the molecule is CC(C)(CCC(C(N)=O)(c1ccccc1)c1ccccc1)N1CC[C@@H](Oc2ccc(C(F)(F)F)cc2)C1. The molecule has 1 aliphatic heterocycles. The van der Waals surface area contributed by atoms with Crippen molar-refractivity contribution in [2.24, 2.45) is 5.73 Å². The Labute approximate surface area is 216 Å². The van der Waals surface area contributed by atoms with Gasteiger partial charge in [0.2, 0.25) is 5.91 Å². The van der Waals surface area contributed by atoms with E-state index in [1.54, 1.807) is 0 Å². The average molecular weight is 511 g/mol. The number of carbonyl (C=O) groups excluding carboxylic acids is 1. The summed E-state index contributed by atoms with van der Waals surface area (Å²) >= 11 is 0. The van der Waals surface area contributed by atoms with Crippen molar-refractivity contribution in [1.82, 2.24) is 4.90 Å². The van der Waals surface area contributed by atoms with E-state index in [1.165, 1.54) is 12.1 Å². The van der Waals surface area contributed by atoms with Crippen LogP contribution in [0.25, 0.3) is 0 Å². The van der Waals surface area contributed by atoms with E-state index < -0.39 is 17.2 Å². The summed E-state index contributed by atoms with van der Waals surface area (Å²) in [6.07, 6.45) is -2.49. The molecule has 196 valence electrons. The number of primary amides is 1. The molecule has 1 heterocycles. The third-order valence-electron chi connectivity index (χ3n) is 7.55. The van der Waals surface area contributed by atoms with E-state index in [2.05, 4.69) is 18.7 Å². The van der Waals surface area contributed by atoms with Crippen molar-refractivity contribution in [3.63, 3.8) is 0 Å². The first-order valence-electron chi connectivity index (χ1n) is 12.5. The molecular formula is C30H33F3N2O2. The molecule has 0 unspecified atom stereocenters. The molecule has 37 heavy (non-hydrogen) atoms. The van der Waals surface area contributed by atoms with Crippen LogP contribution in [-0.2, 0) is 16.4 Å². The third-order valence-corrected chi connectivity index (χ3v) is 7.55. The first-order valence-corrected chi connectivity index (χ1v) is 12.5. The molecule has 3 aromatic rings. The molecule has 3 aromatic carbocycles. The van der Waals surface area contributed by atoms with Crippen molar-refractivity contribution in [1.29, 1.82) is 0 Å². The molecule has 4 nitrogen and oxygen atoms in total. The number of ether oxygens (including phenoxy) is 1. The van der Waals surface area contributed by atoms with Crippen molar-refractivity contribution in [2.45, 2.75) is 56.3 Å². The zero-order chi connectivity index (χ0) is 26.7. The van der Waals surface area contributed by atoms with Gasteiger partial charge in [-0.3, -0.25) is 9.69 Å². The van der Waals surface area contributed by atoms with Gasteiger partial charge in [-0.25, -0.2) is 0 Å². The monoisotopic (exact) mass is 510 g/mol. The largest absolute Gasteiger partial charge is 0.489 e. The fourth-order valence-corrected chi connectivity index (χ4v) is 5.25. The molecule has 0 bridgehead atoms. The number of carbonyl (C=O) groups is 1. The van der Waals surface area contributed by atoms with Crippen molar-refractivity contribution >= 4 is 5.91 Å². The van der Waals surface area contributed by atoms with Crippen LogP contribution in [0.4, 0.5) is 13.2 Å². The number of nitrogens with zero attached hydrogens (tertiary/aromatic N) is 1. The molecule has 0 aliphatic carbocycles. The van der Waals surface area contributed by atoms with E-state index in [4.69, 9.17) is 10.5 Å². The molecule has 0 radical (unpaired) electrons. The highest BCUT2D eigenvalue weighted by atomic mass is 19.4. The predicted octanol–water partition coefficient (Wildman–Crippen LogP) is 6.19. The maximum absolute atomic E-state index is 13.1. The summed E-state index contributed by atoms with van der Waals surface area (Å²) in [4.78, 5) is 15.4. The van der Waals surface area contributed by atoms with Gasteiger partial charge in [-0.1, -0.05) is 60.7 Å². The van der Waals surface area contributed by atoms with Crippen molar-refractivity contribution < 1.29 is 22.7 Å². The maximum atomic E-state index is 13.1. The van der Waals surface area contributed by atoms with Crippen LogP contribution < -0.4 is 10.5 Å². The number of hydrogen-bond donors (Lipinski definition) is 1. The van der Waals surface area contributed by atoms with E-state index in [0.717, 1.165) is 36.2 Å². The number of hydrogen-bond acceptors (Lipinski definition) is 3. The molecule has 0 aromatic heterocycles. The van der Waals surface area contributed by atoms with Gasteiger partial charge in [0.25, 0.3) is 0 Å². The maximum Gasteiger partial charge on any atom is 0.416 e. The Kier molecular flexibility index (Phi) is 7.64. The molecule has 7 heteroatoms. The van der Waals surface area contributed by atoms with Gasteiger partial charge >= 0.3 is 6.18 Å². The lowest BCUT2D eigenvalue weighted by Gasteiger charge is -2.40. The van der Waals surface area contributed by atoms with E-state index in [0.29, 0.717) is 25.1 Å². The lowest BCUT2D eigenvalue weighted by molar-refractivity contribution is -0.137. The lowest BCUT2D eigenvalue weighted by atomic mass is 9.69. The Hall–Kier alpha value is -3.32. The van der Waals surface area contributed by atoms with Gasteiger partial charge in [0, 0.05) is 18.6 Å². The topological polar surface area (TPSA) is 55.6 Å². The van der Waals surface area contributed by atoms with Crippen LogP contribution in [0.5, 0.6) is 5.75 Å². The number of benzene rings is 3. The molecule has 0 spiro atoms. The zero-order valence-corrected chi connectivity index (χ0v) is 21.2. The van der Waals surface area contributed by atoms with Crippen LogP contribution in [-0.4, -0.2) is 35.5 Å². The summed E-state index contributed by atoms with van der Waals surface area (Å²) in [7, 11) is 0. The zero-order valence-electron chi connectivity index (χ0n) is 21.2. The molecule has 0 saturated carbocycles. The molecule has 1 saturated heterocycles. The van der Waals surface area contributed by atoms with Gasteiger partial charge in [-0.05, 0) is 68.5 Å². The minimum atomic E-state index is -4.37. The van der Waals surface area contributed by atoms with Crippen molar-refractivity contribution in [2.75, 3.05) is 13.1 Å². The quantitative estimate of drug-likeness (QED) is 0.374. The molecule has 1 fully saturated rings. The Balaban J connectivity index is 1.48. The Morgan fingerprint density at radius 1 is 0.865 bits per heavy atom. The standard InChI is InChI=1S/C30H33F3N2O2/c1-28(2,35-20-17-26(21-35)37-25-15-13-24(14-16-25)30(31,32)33)18-19-29(27(34)36,22-9-5-3-6-10-22)23-11-7-4-8-12-23/h3-16,26H,17-21H2,1-2H3,(H2,34,36)/t26-/m1/s1. The first-order chi connectivity index (χ1) is 17.5. The number of alkyl halides is 3. The van der Waals surface area contributed by atoms with E-state index in [1.807, 2.05) is 60.7 Å². The summed E-state index contributed by atoms with van der Waals surface area (Å²) in [6.45, 7) is 5.73. The van der Waals surface area contributed by atoms with Crippen LogP contribution in [0.1, 0.15) is 49.8 Å². The molecular weight excluding hydrogens is 477 g/mol.